The van der Waals surface area contributed by atoms with Crippen LogP contribution in [0.3, 0.4) is 0 Å². The lowest BCUT2D eigenvalue weighted by atomic mass is 10.3. The maximum atomic E-state index is 13.3. The van der Waals surface area contributed by atoms with Crippen LogP contribution in [0.1, 0.15) is 13.8 Å². The Kier molecular flexibility index (Phi) is 3.57. The van der Waals surface area contributed by atoms with Crippen LogP contribution in [0.4, 0.5) is 10.1 Å². The molecule has 0 aliphatic carbocycles. The Morgan fingerprint density at radius 1 is 1.40 bits per heavy atom. The zero-order chi connectivity index (χ0) is 11.6. The summed E-state index contributed by atoms with van der Waals surface area (Å²) < 4.78 is 38.4. The maximum absolute atomic E-state index is 13.3. The number of hydrogen-bond donors (Lipinski definition) is 1. The molecular formula is C9H11ClFNO2S. The minimum atomic E-state index is -3.54. The van der Waals surface area contributed by atoms with Crippen molar-refractivity contribution in [3.63, 3.8) is 0 Å². The topological polar surface area (TPSA) is 46.2 Å². The van der Waals surface area contributed by atoms with Crippen molar-refractivity contribution in [1.29, 1.82) is 0 Å². The van der Waals surface area contributed by atoms with Crippen LogP contribution >= 0.6 is 11.6 Å². The van der Waals surface area contributed by atoms with Crippen LogP contribution in [0.2, 0.25) is 5.02 Å². The van der Waals surface area contributed by atoms with E-state index in [1.807, 2.05) is 0 Å². The molecule has 0 aliphatic heterocycles. The average molecular weight is 252 g/mol. The van der Waals surface area contributed by atoms with Crippen molar-refractivity contribution in [3.8, 4) is 0 Å². The monoisotopic (exact) mass is 251 g/mol. The number of hydrogen-bond acceptors (Lipinski definition) is 2. The van der Waals surface area contributed by atoms with Gasteiger partial charge in [-0.15, -0.1) is 0 Å². The van der Waals surface area contributed by atoms with E-state index in [9.17, 15) is 12.8 Å². The Hall–Kier alpha value is -0.810. The van der Waals surface area contributed by atoms with Gasteiger partial charge in [-0.05, 0) is 26.0 Å². The molecule has 0 aliphatic rings. The molecule has 0 amide bonds. The first-order valence-corrected chi connectivity index (χ1v) is 6.22. The summed E-state index contributed by atoms with van der Waals surface area (Å²) in [5.41, 5.74) is -0.129. The number of rotatable bonds is 3. The van der Waals surface area contributed by atoms with E-state index in [4.69, 9.17) is 11.6 Å². The molecule has 3 nitrogen and oxygen atoms in total. The number of sulfonamides is 1. The molecule has 0 fully saturated rings. The smallest absolute Gasteiger partial charge is 0.235 e. The number of nitrogens with one attached hydrogen (secondary N) is 1. The van der Waals surface area contributed by atoms with Gasteiger partial charge < -0.3 is 0 Å². The minimum absolute atomic E-state index is 0.112. The molecule has 1 rings (SSSR count). The van der Waals surface area contributed by atoms with Crippen LogP contribution in [0.15, 0.2) is 18.2 Å². The summed E-state index contributed by atoms with van der Waals surface area (Å²) in [5.74, 6) is -0.761. The van der Waals surface area contributed by atoms with Crippen LogP contribution in [0, 0.1) is 5.82 Å². The van der Waals surface area contributed by atoms with Gasteiger partial charge in [0.25, 0.3) is 0 Å². The van der Waals surface area contributed by atoms with Crippen molar-refractivity contribution in [2.24, 2.45) is 0 Å². The fourth-order valence-electron chi connectivity index (χ4n) is 0.854. The fourth-order valence-corrected chi connectivity index (χ4v) is 1.73. The minimum Gasteiger partial charge on any atom is -0.280 e. The summed E-state index contributed by atoms with van der Waals surface area (Å²) in [4.78, 5) is 0. The number of anilines is 1. The van der Waals surface area contributed by atoms with E-state index in [0.717, 1.165) is 0 Å². The highest BCUT2D eigenvalue weighted by Gasteiger charge is 2.18. The molecule has 84 valence electrons. The first-order valence-electron chi connectivity index (χ1n) is 4.30. The van der Waals surface area contributed by atoms with E-state index in [0.29, 0.717) is 0 Å². The summed E-state index contributed by atoms with van der Waals surface area (Å²) in [6, 6.07) is 4.15. The quantitative estimate of drug-likeness (QED) is 0.898. The normalized spacial score (nSPS) is 11.8. The second-order valence-electron chi connectivity index (χ2n) is 3.30. The van der Waals surface area contributed by atoms with Gasteiger partial charge in [0.15, 0.2) is 5.82 Å². The van der Waals surface area contributed by atoms with Gasteiger partial charge in [-0.1, -0.05) is 17.7 Å². The molecular weight excluding hydrogens is 241 g/mol. The van der Waals surface area contributed by atoms with E-state index >= 15 is 0 Å². The highest BCUT2D eigenvalue weighted by atomic mass is 35.5. The van der Waals surface area contributed by atoms with Crippen LogP contribution in [0.5, 0.6) is 0 Å². The SMILES string of the molecule is CC(C)S(=O)(=O)Nc1cccc(Cl)c1F. The van der Waals surface area contributed by atoms with Gasteiger partial charge in [-0.2, -0.15) is 0 Å². The first-order chi connectivity index (χ1) is 6.84. The standard InChI is InChI=1S/C9H11ClFNO2S/c1-6(2)15(13,14)12-8-5-3-4-7(10)9(8)11/h3-6,12H,1-2H3. The Morgan fingerprint density at radius 3 is 2.53 bits per heavy atom. The van der Waals surface area contributed by atoms with Crippen molar-refractivity contribution >= 4 is 27.3 Å². The molecule has 0 spiro atoms. The predicted octanol–water partition coefficient (Wildman–Crippen LogP) is 2.63. The van der Waals surface area contributed by atoms with Crippen LogP contribution in [-0.4, -0.2) is 13.7 Å². The molecule has 0 unspecified atom stereocenters. The van der Waals surface area contributed by atoms with E-state index in [1.54, 1.807) is 0 Å². The highest BCUT2D eigenvalue weighted by Crippen LogP contribution is 2.23. The molecule has 0 radical (unpaired) electrons. The van der Waals surface area contributed by atoms with Gasteiger partial charge in [0.05, 0.1) is 16.0 Å². The van der Waals surface area contributed by atoms with E-state index in [-0.39, 0.29) is 10.7 Å². The molecule has 0 bridgehead atoms. The lowest BCUT2D eigenvalue weighted by Gasteiger charge is -2.11. The van der Waals surface area contributed by atoms with Gasteiger partial charge >= 0.3 is 0 Å². The summed E-state index contributed by atoms with van der Waals surface area (Å²) in [6.07, 6.45) is 0. The highest BCUT2D eigenvalue weighted by molar-refractivity contribution is 7.93. The third-order valence-corrected chi connectivity index (χ3v) is 3.86. The third-order valence-electron chi connectivity index (χ3n) is 1.82. The molecule has 1 N–H and O–H groups in total. The number of benzene rings is 1. The Morgan fingerprint density at radius 2 is 2.00 bits per heavy atom. The van der Waals surface area contributed by atoms with Crippen LogP contribution in [-0.2, 0) is 10.0 Å². The van der Waals surface area contributed by atoms with Gasteiger partial charge in [0, 0.05) is 0 Å². The third kappa shape index (κ3) is 2.82. The lowest BCUT2D eigenvalue weighted by molar-refractivity contribution is 0.590. The van der Waals surface area contributed by atoms with Crippen LogP contribution < -0.4 is 4.72 Å². The van der Waals surface area contributed by atoms with Crippen LogP contribution in [0.25, 0.3) is 0 Å². The van der Waals surface area contributed by atoms with Crippen molar-refractivity contribution in [2.75, 3.05) is 4.72 Å². The van der Waals surface area contributed by atoms with Crippen molar-refractivity contribution in [3.05, 3.63) is 29.0 Å². The molecule has 0 saturated carbocycles. The summed E-state index contributed by atoms with van der Waals surface area (Å²) in [6.45, 7) is 3.01. The summed E-state index contributed by atoms with van der Waals surface area (Å²) in [5, 5.41) is -0.741. The fraction of sp³-hybridized carbons (Fsp3) is 0.333. The Bertz CT molecular complexity index is 459. The molecule has 6 heteroatoms. The maximum Gasteiger partial charge on any atom is 0.235 e. The van der Waals surface area contributed by atoms with E-state index in [1.165, 1.54) is 32.0 Å². The molecule has 0 heterocycles. The van der Waals surface area contributed by atoms with Gasteiger partial charge in [-0.3, -0.25) is 4.72 Å². The van der Waals surface area contributed by atoms with Gasteiger partial charge in [0.2, 0.25) is 10.0 Å². The molecule has 0 aromatic heterocycles. The van der Waals surface area contributed by atoms with Crippen molar-refractivity contribution in [1.82, 2.24) is 0 Å². The average Bonchev–Trinajstić information content (AvgIpc) is 2.12. The summed E-state index contributed by atoms with van der Waals surface area (Å²) >= 11 is 5.51. The zero-order valence-electron chi connectivity index (χ0n) is 8.29. The molecule has 1 aromatic carbocycles. The second kappa shape index (κ2) is 4.37. The largest absolute Gasteiger partial charge is 0.280 e. The zero-order valence-corrected chi connectivity index (χ0v) is 9.86. The van der Waals surface area contributed by atoms with Gasteiger partial charge in [0.1, 0.15) is 0 Å². The number of halogens is 2. The Labute approximate surface area is 93.3 Å². The van der Waals surface area contributed by atoms with E-state index in [2.05, 4.69) is 4.72 Å². The molecule has 0 saturated heterocycles. The van der Waals surface area contributed by atoms with Crippen molar-refractivity contribution in [2.45, 2.75) is 19.1 Å². The lowest BCUT2D eigenvalue weighted by Crippen LogP contribution is -2.23. The molecule has 15 heavy (non-hydrogen) atoms. The predicted molar refractivity (Wildman–Crippen MR) is 59.1 cm³/mol. The van der Waals surface area contributed by atoms with E-state index < -0.39 is 21.1 Å². The summed E-state index contributed by atoms with van der Waals surface area (Å²) in [7, 11) is -3.54. The van der Waals surface area contributed by atoms with Crippen molar-refractivity contribution < 1.29 is 12.8 Å². The van der Waals surface area contributed by atoms with Gasteiger partial charge in [-0.25, -0.2) is 12.8 Å². The Balaban J connectivity index is 3.06. The first kappa shape index (κ1) is 12.3. The molecule has 0 atom stereocenters. The second-order valence-corrected chi connectivity index (χ2v) is 5.94. The molecule has 1 aromatic rings.